The average molecular weight is 349 g/mol. The van der Waals surface area contributed by atoms with E-state index in [9.17, 15) is 13.2 Å². The quantitative estimate of drug-likeness (QED) is 0.878. The van der Waals surface area contributed by atoms with E-state index in [0.29, 0.717) is 25.5 Å². The summed E-state index contributed by atoms with van der Waals surface area (Å²) in [5.41, 5.74) is 1.78. The maximum Gasteiger partial charge on any atom is 0.226 e. The van der Waals surface area contributed by atoms with Crippen molar-refractivity contribution >= 4 is 21.6 Å². The number of aryl methyl sites for hydroxylation is 1. The maximum atomic E-state index is 12.2. The zero-order valence-electron chi connectivity index (χ0n) is 13.4. The Morgan fingerprint density at radius 2 is 2.08 bits per heavy atom. The summed E-state index contributed by atoms with van der Waals surface area (Å²) in [5, 5.41) is 7.12. The molecule has 7 nitrogen and oxygen atoms in total. The lowest BCUT2D eigenvalue weighted by atomic mass is 10.1. The highest BCUT2D eigenvalue weighted by atomic mass is 32.2. The second kappa shape index (κ2) is 6.74. The number of carbonyl (C=O) groups excluding carboxylic acids is 1. The topological polar surface area (TPSA) is 90.3 Å². The van der Waals surface area contributed by atoms with E-state index in [1.165, 1.54) is 12.1 Å². The fourth-order valence-electron chi connectivity index (χ4n) is 2.64. The van der Waals surface area contributed by atoms with Gasteiger partial charge in [-0.05, 0) is 12.1 Å². The van der Waals surface area contributed by atoms with Crippen LogP contribution in [0, 0.1) is 0 Å². The minimum atomic E-state index is -3.47. The van der Waals surface area contributed by atoms with Crippen molar-refractivity contribution in [1.29, 1.82) is 0 Å². The first-order valence-corrected chi connectivity index (χ1v) is 9.33. The summed E-state index contributed by atoms with van der Waals surface area (Å²) in [6.07, 6.45) is 0.597. The second-order valence-corrected chi connectivity index (χ2v) is 7.74. The molecule has 1 aromatic carbocycles. The molecule has 0 bridgehead atoms. The number of sulfone groups is 1. The fraction of sp³-hybridized carbons (Fsp3) is 0.375. The van der Waals surface area contributed by atoms with Crippen LogP contribution in [0.2, 0.25) is 0 Å². The first kappa shape index (κ1) is 16.7. The van der Waals surface area contributed by atoms with Crippen LogP contribution in [0.4, 0.5) is 5.82 Å². The number of rotatable bonds is 5. The molecule has 2 aromatic rings. The van der Waals surface area contributed by atoms with E-state index < -0.39 is 9.84 Å². The molecule has 1 aliphatic rings. The Morgan fingerprint density at radius 1 is 1.33 bits per heavy atom. The molecule has 1 aliphatic heterocycles. The van der Waals surface area contributed by atoms with E-state index in [0.717, 1.165) is 11.3 Å². The van der Waals surface area contributed by atoms with Crippen molar-refractivity contribution in [3.05, 3.63) is 41.6 Å². The normalized spacial score (nSPS) is 14.2. The zero-order valence-corrected chi connectivity index (χ0v) is 14.2. The molecule has 2 heterocycles. The summed E-state index contributed by atoms with van der Waals surface area (Å²) in [4.78, 5) is 12.4. The third kappa shape index (κ3) is 3.49. The Labute approximate surface area is 140 Å². The highest BCUT2D eigenvalue weighted by Gasteiger charge is 2.22. The molecule has 0 atom stereocenters. The number of hydrogen-bond donors (Lipinski definition) is 1. The van der Waals surface area contributed by atoms with E-state index in [1.807, 2.05) is 0 Å². The smallest absolute Gasteiger partial charge is 0.226 e. The minimum absolute atomic E-state index is 0.113. The Balaban J connectivity index is 1.66. The first-order chi connectivity index (χ1) is 11.5. The van der Waals surface area contributed by atoms with Crippen molar-refractivity contribution in [3.8, 4) is 0 Å². The van der Waals surface area contributed by atoms with Crippen molar-refractivity contribution in [1.82, 2.24) is 9.78 Å². The molecule has 3 rings (SSSR count). The molecule has 0 aliphatic carbocycles. The standard InChI is InChI=1S/C16H19N3O4S/c1-19-16(13-11-23-9-7-14(13)18-19)17-15(20)8-10-24(21,22)12-5-3-2-4-6-12/h2-6H,7-11H2,1H3,(H,17,20). The van der Waals surface area contributed by atoms with Crippen LogP contribution in [0.25, 0.3) is 0 Å². The molecule has 0 radical (unpaired) electrons. The molecule has 0 fully saturated rings. The summed E-state index contributed by atoms with van der Waals surface area (Å²) < 4.78 is 31.4. The van der Waals surface area contributed by atoms with E-state index in [1.54, 1.807) is 29.9 Å². The van der Waals surface area contributed by atoms with Gasteiger partial charge in [0.05, 0.1) is 29.6 Å². The number of nitrogens with one attached hydrogen (secondary N) is 1. The molecule has 1 aromatic heterocycles. The summed E-state index contributed by atoms with van der Waals surface area (Å²) in [5.74, 6) is -0.0166. The number of ether oxygens (including phenoxy) is 1. The number of amides is 1. The Hall–Kier alpha value is -2.19. The van der Waals surface area contributed by atoms with E-state index in [2.05, 4.69) is 10.4 Å². The van der Waals surface area contributed by atoms with Crippen LogP contribution in [-0.2, 0) is 39.4 Å². The summed E-state index contributed by atoms with van der Waals surface area (Å²) in [6.45, 7) is 1.02. The lowest BCUT2D eigenvalue weighted by Crippen LogP contribution is -2.20. The molecule has 128 valence electrons. The third-order valence-electron chi connectivity index (χ3n) is 3.92. The van der Waals surface area contributed by atoms with Gasteiger partial charge in [0.2, 0.25) is 5.91 Å². The lowest BCUT2D eigenvalue weighted by Gasteiger charge is -2.13. The maximum absolute atomic E-state index is 12.2. The predicted octanol–water partition coefficient (Wildman–Crippen LogP) is 1.30. The van der Waals surface area contributed by atoms with Crippen LogP contribution >= 0.6 is 0 Å². The number of anilines is 1. The predicted molar refractivity (Wildman–Crippen MR) is 88.3 cm³/mol. The molecular weight excluding hydrogens is 330 g/mol. The van der Waals surface area contributed by atoms with Gasteiger partial charge in [-0.25, -0.2) is 8.42 Å². The van der Waals surface area contributed by atoms with Gasteiger partial charge < -0.3 is 10.1 Å². The molecule has 8 heteroatoms. The van der Waals surface area contributed by atoms with Crippen molar-refractivity contribution in [3.63, 3.8) is 0 Å². The van der Waals surface area contributed by atoms with Gasteiger partial charge in [-0.2, -0.15) is 5.10 Å². The number of hydrogen-bond acceptors (Lipinski definition) is 5. The number of aromatic nitrogens is 2. The number of fused-ring (bicyclic) bond motifs is 1. The molecule has 0 saturated carbocycles. The fourth-order valence-corrected chi connectivity index (χ4v) is 3.90. The van der Waals surface area contributed by atoms with Crippen molar-refractivity contribution in [2.75, 3.05) is 17.7 Å². The van der Waals surface area contributed by atoms with E-state index >= 15 is 0 Å². The van der Waals surface area contributed by atoms with E-state index in [4.69, 9.17) is 4.74 Å². The van der Waals surface area contributed by atoms with Gasteiger partial charge in [0, 0.05) is 25.5 Å². The Kier molecular flexibility index (Phi) is 4.68. The van der Waals surface area contributed by atoms with Crippen LogP contribution in [-0.4, -0.2) is 36.5 Å². The van der Waals surface area contributed by atoms with Crippen LogP contribution < -0.4 is 5.32 Å². The lowest BCUT2D eigenvalue weighted by molar-refractivity contribution is -0.115. The number of nitrogens with zero attached hydrogens (tertiary/aromatic N) is 2. The van der Waals surface area contributed by atoms with E-state index in [-0.39, 0.29) is 23.0 Å². The van der Waals surface area contributed by atoms with Gasteiger partial charge >= 0.3 is 0 Å². The molecule has 24 heavy (non-hydrogen) atoms. The van der Waals surface area contributed by atoms with Crippen LogP contribution in [0.1, 0.15) is 17.7 Å². The Morgan fingerprint density at radius 3 is 2.83 bits per heavy atom. The van der Waals surface area contributed by atoms with Crippen LogP contribution in [0.3, 0.4) is 0 Å². The first-order valence-electron chi connectivity index (χ1n) is 7.67. The van der Waals surface area contributed by atoms with Gasteiger partial charge in [-0.1, -0.05) is 18.2 Å². The van der Waals surface area contributed by atoms with Gasteiger partial charge in [0.1, 0.15) is 5.82 Å². The number of carbonyl (C=O) groups is 1. The summed E-state index contributed by atoms with van der Waals surface area (Å²) >= 11 is 0. The van der Waals surface area contributed by atoms with Crippen LogP contribution in [0.15, 0.2) is 35.2 Å². The van der Waals surface area contributed by atoms with Gasteiger partial charge in [-0.3, -0.25) is 9.48 Å². The third-order valence-corrected chi connectivity index (χ3v) is 5.65. The van der Waals surface area contributed by atoms with Crippen molar-refractivity contribution in [2.45, 2.75) is 24.3 Å². The van der Waals surface area contributed by atoms with Crippen LogP contribution in [0.5, 0.6) is 0 Å². The molecular formula is C16H19N3O4S. The summed E-state index contributed by atoms with van der Waals surface area (Å²) in [6, 6.07) is 8.13. The van der Waals surface area contributed by atoms with Gasteiger partial charge in [-0.15, -0.1) is 0 Å². The molecule has 0 spiro atoms. The average Bonchev–Trinajstić information content (AvgIpc) is 2.90. The van der Waals surface area contributed by atoms with Crippen molar-refractivity contribution in [2.24, 2.45) is 7.05 Å². The zero-order chi connectivity index (χ0) is 17.2. The van der Waals surface area contributed by atoms with Gasteiger partial charge in [0.25, 0.3) is 0 Å². The molecule has 1 N–H and O–H groups in total. The van der Waals surface area contributed by atoms with Gasteiger partial charge in [0.15, 0.2) is 9.84 Å². The molecule has 1 amide bonds. The SMILES string of the molecule is Cn1nc2c(c1NC(=O)CCS(=O)(=O)c1ccccc1)COCC2. The second-order valence-electron chi connectivity index (χ2n) is 5.63. The molecule has 0 unspecified atom stereocenters. The monoisotopic (exact) mass is 349 g/mol. The molecule has 0 saturated heterocycles. The number of benzene rings is 1. The Bertz CT molecular complexity index is 844. The minimum Gasteiger partial charge on any atom is -0.376 e. The van der Waals surface area contributed by atoms with Crippen molar-refractivity contribution < 1.29 is 17.9 Å². The summed E-state index contributed by atoms with van der Waals surface area (Å²) in [7, 11) is -1.72. The highest BCUT2D eigenvalue weighted by Crippen LogP contribution is 2.24. The largest absolute Gasteiger partial charge is 0.376 e. The highest BCUT2D eigenvalue weighted by molar-refractivity contribution is 7.91.